The average molecular weight is 196 g/mol. The Bertz CT molecular complexity index is 468. The molecule has 0 spiro atoms. The van der Waals surface area contributed by atoms with Crippen molar-refractivity contribution >= 4 is 22.4 Å². The lowest BCUT2D eigenvalue weighted by Crippen LogP contribution is -1.85. The Hall–Kier alpha value is -1.15. The first kappa shape index (κ1) is 8.45. The number of halogens is 2. The van der Waals surface area contributed by atoms with E-state index in [2.05, 4.69) is 4.98 Å². The average Bonchev–Trinajstić information content (AvgIpc) is 2.07. The summed E-state index contributed by atoms with van der Waals surface area (Å²) in [5.74, 6) is -0.251. The highest BCUT2D eigenvalue weighted by molar-refractivity contribution is 6.34. The summed E-state index contributed by atoms with van der Waals surface area (Å²) in [6.45, 7) is 1.83. The third-order valence-electron chi connectivity index (χ3n) is 1.93. The van der Waals surface area contributed by atoms with Crippen molar-refractivity contribution in [3.05, 3.63) is 40.9 Å². The summed E-state index contributed by atoms with van der Waals surface area (Å²) in [7, 11) is 0. The summed E-state index contributed by atoms with van der Waals surface area (Å²) in [5, 5.41) is 1.53. The molecule has 0 aliphatic rings. The minimum atomic E-state index is -0.251. The minimum absolute atomic E-state index is 0.251. The van der Waals surface area contributed by atoms with E-state index in [-0.39, 0.29) is 5.82 Å². The van der Waals surface area contributed by atoms with Crippen LogP contribution in [0.4, 0.5) is 4.39 Å². The summed E-state index contributed by atoms with van der Waals surface area (Å²) in [5.41, 5.74) is 0.847. The molecule has 1 nitrogen and oxygen atoms in total. The molecule has 66 valence electrons. The predicted molar refractivity (Wildman–Crippen MR) is 51.4 cm³/mol. The molecule has 2 rings (SSSR count). The van der Waals surface area contributed by atoms with Crippen LogP contribution in [0.25, 0.3) is 10.8 Å². The first-order valence-electron chi connectivity index (χ1n) is 3.89. The van der Waals surface area contributed by atoms with Crippen molar-refractivity contribution in [3.8, 4) is 0 Å². The summed E-state index contributed by atoms with van der Waals surface area (Å²) in [6, 6.07) is 4.93. The molecule has 0 atom stereocenters. The van der Waals surface area contributed by atoms with E-state index >= 15 is 0 Å². The normalized spacial score (nSPS) is 10.7. The molecule has 0 saturated heterocycles. The smallest absolute Gasteiger partial charge is 0.136 e. The highest BCUT2D eigenvalue weighted by Crippen LogP contribution is 2.24. The van der Waals surface area contributed by atoms with Gasteiger partial charge in [0.2, 0.25) is 0 Å². The second-order valence-corrected chi connectivity index (χ2v) is 3.30. The van der Waals surface area contributed by atoms with Gasteiger partial charge in [-0.15, -0.1) is 0 Å². The Morgan fingerprint density at radius 3 is 2.85 bits per heavy atom. The highest BCUT2D eigenvalue weighted by atomic mass is 35.5. The van der Waals surface area contributed by atoms with Gasteiger partial charge in [0.25, 0.3) is 0 Å². The molecule has 3 heteroatoms. The number of fused-ring (bicyclic) bond motifs is 1. The van der Waals surface area contributed by atoms with Gasteiger partial charge < -0.3 is 0 Å². The molecule has 0 amide bonds. The summed E-state index contributed by atoms with van der Waals surface area (Å²) in [4.78, 5) is 3.89. The largest absolute Gasteiger partial charge is 0.244 e. The van der Waals surface area contributed by atoms with Crippen molar-refractivity contribution < 1.29 is 4.39 Å². The number of benzene rings is 1. The molecule has 0 bridgehead atoms. The fraction of sp³-hybridized carbons (Fsp3) is 0.100. The molecule has 13 heavy (non-hydrogen) atoms. The molecule has 0 saturated carbocycles. The molecule has 0 N–H and O–H groups in total. The van der Waals surface area contributed by atoms with Crippen LogP contribution in [0.5, 0.6) is 0 Å². The fourth-order valence-corrected chi connectivity index (χ4v) is 1.55. The second-order valence-electron chi connectivity index (χ2n) is 2.94. The standard InChI is InChI=1S/C10H7ClFN/c1-6-4-8-7(9(12)5-6)2-3-13-10(8)11/h2-5H,1H3. The van der Waals surface area contributed by atoms with E-state index in [1.165, 1.54) is 12.3 Å². The van der Waals surface area contributed by atoms with E-state index in [9.17, 15) is 4.39 Å². The van der Waals surface area contributed by atoms with E-state index in [1.54, 1.807) is 6.07 Å². The first-order valence-corrected chi connectivity index (χ1v) is 4.26. The molecule has 0 aliphatic heterocycles. The maximum Gasteiger partial charge on any atom is 0.136 e. The molecule has 0 aliphatic carbocycles. The third kappa shape index (κ3) is 1.38. The van der Waals surface area contributed by atoms with Crippen molar-refractivity contribution in [1.29, 1.82) is 0 Å². The van der Waals surface area contributed by atoms with Gasteiger partial charge in [-0.05, 0) is 30.7 Å². The third-order valence-corrected chi connectivity index (χ3v) is 2.23. The number of rotatable bonds is 0. The molecular formula is C10H7ClFN. The quantitative estimate of drug-likeness (QED) is 0.588. The van der Waals surface area contributed by atoms with E-state index in [1.807, 2.05) is 13.0 Å². The van der Waals surface area contributed by atoms with E-state index in [4.69, 9.17) is 11.6 Å². The van der Waals surface area contributed by atoms with E-state index < -0.39 is 0 Å². The van der Waals surface area contributed by atoms with Gasteiger partial charge in [-0.2, -0.15) is 0 Å². The number of hydrogen-bond donors (Lipinski definition) is 0. The lowest BCUT2D eigenvalue weighted by Gasteiger charge is -2.02. The van der Waals surface area contributed by atoms with Crippen LogP contribution in [0.1, 0.15) is 5.56 Å². The van der Waals surface area contributed by atoms with Crippen molar-refractivity contribution in [3.63, 3.8) is 0 Å². The van der Waals surface area contributed by atoms with Crippen LogP contribution >= 0.6 is 11.6 Å². The van der Waals surface area contributed by atoms with Crippen molar-refractivity contribution in [2.45, 2.75) is 6.92 Å². The minimum Gasteiger partial charge on any atom is -0.244 e. The summed E-state index contributed by atoms with van der Waals surface area (Å²) in [6.07, 6.45) is 1.50. The van der Waals surface area contributed by atoms with Gasteiger partial charge in [-0.1, -0.05) is 11.6 Å². The number of nitrogens with zero attached hydrogens (tertiary/aromatic N) is 1. The number of aromatic nitrogens is 1. The maximum atomic E-state index is 13.3. The van der Waals surface area contributed by atoms with Gasteiger partial charge in [0, 0.05) is 17.0 Å². The van der Waals surface area contributed by atoms with Crippen molar-refractivity contribution in [2.24, 2.45) is 0 Å². The Balaban J connectivity index is 2.94. The molecular weight excluding hydrogens is 189 g/mol. The van der Waals surface area contributed by atoms with Crippen molar-refractivity contribution in [1.82, 2.24) is 4.98 Å². The van der Waals surface area contributed by atoms with E-state index in [0.717, 1.165) is 5.56 Å². The lowest BCUT2D eigenvalue weighted by molar-refractivity contribution is 0.638. The topological polar surface area (TPSA) is 12.9 Å². The van der Waals surface area contributed by atoms with Gasteiger partial charge >= 0.3 is 0 Å². The first-order chi connectivity index (χ1) is 6.18. The number of pyridine rings is 1. The zero-order valence-corrected chi connectivity index (χ0v) is 7.77. The van der Waals surface area contributed by atoms with Crippen LogP contribution in [0.15, 0.2) is 24.4 Å². The van der Waals surface area contributed by atoms with Gasteiger partial charge in [0.1, 0.15) is 11.0 Å². The molecule has 0 radical (unpaired) electrons. The van der Waals surface area contributed by atoms with Gasteiger partial charge in [-0.3, -0.25) is 0 Å². The van der Waals surface area contributed by atoms with Crippen LogP contribution in [-0.2, 0) is 0 Å². The Morgan fingerprint density at radius 1 is 1.31 bits per heavy atom. The van der Waals surface area contributed by atoms with E-state index in [0.29, 0.717) is 15.9 Å². The second kappa shape index (κ2) is 2.96. The molecule has 1 heterocycles. The monoisotopic (exact) mass is 195 g/mol. The SMILES string of the molecule is Cc1cc(F)c2ccnc(Cl)c2c1. The zero-order valence-electron chi connectivity index (χ0n) is 7.01. The van der Waals surface area contributed by atoms with Gasteiger partial charge in [0.15, 0.2) is 0 Å². The molecule has 0 unspecified atom stereocenters. The molecule has 1 aromatic carbocycles. The molecule has 1 aromatic heterocycles. The van der Waals surface area contributed by atoms with Crippen LogP contribution in [0, 0.1) is 12.7 Å². The maximum absolute atomic E-state index is 13.3. The Morgan fingerprint density at radius 2 is 2.08 bits per heavy atom. The van der Waals surface area contributed by atoms with Gasteiger partial charge in [-0.25, -0.2) is 9.37 Å². The molecule has 0 fully saturated rings. The highest BCUT2D eigenvalue weighted by Gasteiger charge is 2.04. The van der Waals surface area contributed by atoms with Crippen LogP contribution in [0.3, 0.4) is 0 Å². The molecule has 2 aromatic rings. The Kier molecular flexibility index (Phi) is 1.93. The van der Waals surface area contributed by atoms with Crippen LogP contribution in [0.2, 0.25) is 5.15 Å². The zero-order chi connectivity index (χ0) is 9.42. The van der Waals surface area contributed by atoms with Crippen LogP contribution in [-0.4, -0.2) is 4.98 Å². The lowest BCUT2D eigenvalue weighted by atomic mass is 10.1. The van der Waals surface area contributed by atoms with Crippen molar-refractivity contribution in [2.75, 3.05) is 0 Å². The van der Waals surface area contributed by atoms with Gasteiger partial charge in [0.05, 0.1) is 0 Å². The number of aryl methyl sites for hydroxylation is 1. The fourth-order valence-electron chi connectivity index (χ4n) is 1.34. The summed E-state index contributed by atoms with van der Waals surface area (Å²) >= 11 is 5.82. The Labute approximate surface area is 80.2 Å². The summed E-state index contributed by atoms with van der Waals surface area (Å²) < 4.78 is 13.3. The number of hydrogen-bond acceptors (Lipinski definition) is 1. The predicted octanol–water partition coefficient (Wildman–Crippen LogP) is 3.34. The van der Waals surface area contributed by atoms with Crippen LogP contribution < -0.4 is 0 Å².